The third-order valence-electron chi connectivity index (χ3n) is 5.69. The van der Waals surface area contributed by atoms with Crippen molar-refractivity contribution in [1.29, 1.82) is 0 Å². The molecule has 4 N–H and O–H groups in total. The molecule has 1 unspecified atom stereocenters. The van der Waals surface area contributed by atoms with E-state index in [0.717, 1.165) is 31.2 Å². The number of unbranched alkanes of at least 4 members (excludes halogenated alkanes) is 7. The first-order chi connectivity index (χ1) is 14.5. The van der Waals surface area contributed by atoms with Crippen LogP contribution in [-0.2, 0) is 20.8 Å². The lowest BCUT2D eigenvalue weighted by Crippen LogP contribution is -2.65. The molecule has 2 rings (SSSR count). The monoisotopic (exact) mass is 413 g/mol. The van der Waals surface area contributed by atoms with Crippen LogP contribution in [-0.4, -0.2) is 29.8 Å². The van der Waals surface area contributed by atoms with E-state index in [2.05, 4.69) is 17.2 Å². The Morgan fingerprint density at radius 3 is 2.23 bits per heavy atom. The Hall–Kier alpha value is -2.63. The van der Waals surface area contributed by atoms with E-state index in [0.29, 0.717) is 12.8 Å². The number of nitrogens with two attached hydrogens (primary N) is 1. The number of hydrogen-bond donors (Lipinski definition) is 3. The third kappa shape index (κ3) is 7.65. The average molecular weight is 414 g/mol. The number of nitrogens with one attached hydrogen (secondary N) is 2. The van der Waals surface area contributed by atoms with Crippen LogP contribution in [0, 0.1) is 5.92 Å². The molecule has 3 amide bonds. The lowest BCUT2D eigenvalue weighted by Gasteiger charge is -2.33. The second kappa shape index (κ2) is 12.8. The Balaban J connectivity index is 1.77. The Kier molecular flexibility index (Phi) is 10.1. The predicted molar refractivity (Wildman–Crippen MR) is 118 cm³/mol. The summed E-state index contributed by atoms with van der Waals surface area (Å²) >= 11 is 0. The van der Waals surface area contributed by atoms with Gasteiger partial charge in [0, 0.05) is 6.42 Å². The Morgan fingerprint density at radius 2 is 1.60 bits per heavy atom. The van der Waals surface area contributed by atoms with Crippen LogP contribution < -0.4 is 16.4 Å². The number of hydrogen-bond acceptors (Lipinski definition) is 3. The molecule has 1 heterocycles. The summed E-state index contributed by atoms with van der Waals surface area (Å²) in [5.74, 6) is -1.82. The van der Waals surface area contributed by atoms with Crippen LogP contribution in [0.15, 0.2) is 43.0 Å². The van der Waals surface area contributed by atoms with Gasteiger partial charge in [0.1, 0.15) is 12.1 Å². The summed E-state index contributed by atoms with van der Waals surface area (Å²) in [6.07, 6.45) is 11.6. The minimum atomic E-state index is -0.888. The van der Waals surface area contributed by atoms with Crippen molar-refractivity contribution in [3.8, 4) is 0 Å². The molecule has 1 saturated heterocycles. The van der Waals surface area contributed by atoms with Crippen molar-refractivity contribution in [1.82, 2.24) is 10.6 Å². The highest BCUT2D eigenvalue weighted by Gasteiger charge is 2.40. The third-order valence-corrected chi connectivity index (χ3v) is 5.69. The summed E-state index contributed by atoms with van der Waals surface area (Å²) in [4.78, 5) is 37.1. The van der Waals surface area contributed by atoms with E-state index in [1.807, 2.05) is 36.4 Å². The molecule has 1 aliphatic heterocycles. The maximum Gasteiger partial charge on any atom is 0.244 e. The van der Waals surface area contributed by atoms with Gasteiger partial charge < -0.3 is 16.4 Å². The number of piperazine rings is 1. The van der Waals surface area contributed by atoms with Crippen molar-refractivity contribution < 1.29 is 14.4 Å². The summed E-state index contributed by atoms with van der Waals surface area (Å²) in [6, 6.07) is 8.00. The number of carbonyl (C=O) groups excluding carboxylic acids is 3. The summed E-state index contributed by atoms with van der Waals surface area (Å²) < 4.78 is 0. The minimum absolute atomic E-state index is 0.269. The van der Waals surface area contributed by atoms with Gasteiger partial charge in [-0.3, -0.25) is 14.4 Å². The van der Waals surface area contributed by atoms with Crippen molar-refractivity contribution in [2.75, 3.05) is 0 Å². The van der Waals surface area contributed by atoms with Gasteiger partial charge in [0.25, 0.3) is 0 Å². The van der Waals surface area contributed by atoms with E-state index in [1.165, 1.54) is 25.7 Å². The maximum absolute atomic E-state index is 12.6. The van der Waals surface area contributed by atoms with Crippen molar-refractivity contribution in [2.24, 2.45) is 11.7 Å². The van der Waals surface area contributed by atoms with Gasteiger partial charge in [-0.05, 0) is 24.8 Å². The number of carbonyl (C=O) groups is 3. The van der Waals surface area contributed by atoms with Gasteiger partial charge in [-0.1, -0.05) is 74.9 Å². The normalized spacial score (nSPS) is 19.6. The number of primary amides is 1. The van der Waals surface area contributed by atoms with Gasteiger partial charge in [0.05, 0.1) is 5.92 Å². The molecule has 1 aromatic rings. The van der Waals surface area contributed by atoms with Crippen molar-refractivity contribution in [3.63, 3.8) is 0 Å². The SMILES string of the molecule is C=CCCCCCCCCCC(C(N)=O)[C@@H]1NC(=O)[C@H](Cc2ccccc2)NC1=O. The van der Waals surface area contributed by atoms with Gasteiger partial charge >= 0.3 is 0 Å². The van der Waals surface area contributed by atoms with Gasteiger partial charge in [0.15, 0.2) is 0 Å². The van der Waals surface area contributed by atoms with Crippen LogP contribution in [0.1, 0.15) is 63.4 Å². The quantitative estimate of drug-likeness (QED) is 0.323. The van der Waals surface area contributed by atoms with E-state index < -0.39 is 23.9 Å². The summed E-state index contributed by atoms with van der Waals surface area (Å²) in [6.45, 7) is 3.73. The van der Waals surface area contributed by atoms with Crippen LogP contribution in [0.25, 0.3) is 0 Å². The Labute approximate surface area is 179 Å². The molecule has 6 heteroatoms. The second-order valence-electron chi connectivity index (χ2n) is 8.09. The van der Waals surface area contributed by atoms with Gasteiger partial charge in [-0.25, -0.2) is 0 Å². The van der Waals surface area contributed by atoms with Crippen molar-refractivity contribution in [2.45, 2.75) is 76.3 Å². The largest absolute Gasteiger partial charge is 0.369 e. The molecule has 0 saturated carbocycles. The molecule has 30 heavy (non-hydrogen) atoms. The fourth-order valence-corrected chi connectivity index (χ4v) is 3.93. The number of rotatable bonds is 14. The van der Waals surface area contributed by atoms with Crippen molar-refractivity contribution >= 4 is 17.7 Å². The molecule has 0 aromatic heterocycles. The minimum Gasteiger partial charge on any atom is -0.369 e. The fraction of sp³-hybridized carbons (Fsp3) is 0.542. The van der Waals surface area contributed by atoms with E-state index in [4.69, 9.17) is 5.73 Å². The maximum atomic E-state index is 12.6. The summed E-state index contributed by atoms with van der Waals surface area (Å²) in [5.41, 5.74) is 6.53. The molecule has 0 spiro atoms. The van der Waals surface area contributed by atoms with Gasteiger partial charge in [-0.2, -0.15) is 0 Å². The van der Waals surface area contributed by atoms with Crippen LogP contribution in [0.3, 0.4) is 0 Å². The van der Waals surface area contributed by atoms with Crippen molar-refractivity contribution in [3.05, 3.63) is 48.6 Å². The van der Waals surface area contributed by atoms with Crippen LogP contribution in [0.5, 0.6) is 0 Å². The van der Waals surface area contributed by atoms with Gasteiger partial charge in [-0.15, -0.1) is 6.58 Å². The zero-order valence-electron chi connectivity index (χ0n) is 17.8. The molecule has 1 aliphatic rings. The highest BCUT2D eigenvalue weighted by atomic mass is 16.2. The zero-order chi connectivity index (χ0) is 21.8. The highest BCUT2D eigenvalue weighted by molar-refractivity contribution is 5.99. The highest BCUT2D eigenvalue weighted by Crippen LogP contribution is 2.19. The molecule has 0 bridgehead atoms. The lowest BCUT2D eigenvalue weighted by atomic mass is 9.89. The first-order valence-corrected chi connectivity index (χ1v) is 11.1. The smallest absolute Gasteiger partial charge is 0.244 e. The zero-order valence-corrected chi connectivity index (χ0v) is 17.8. The summed E-state index contributed by atoms with van der Waals surface area (Å²) in [5, 5.41) is 5.51. The summed E-state index contributed by atoms with van der Waals surface area (Å²) in [7, 11) is 0. The molecular formula is C24H35N3O3. The van der Waals surface area contributed by atoms with Gasteiger partial charge in [0.2, 0.25) is 17.7 Å². The van der Waals surface area contributed by atoms with E-state index in [9.17, 15) is 14.4 Å². The fourth-order valence-electron chi connectivity index (χ4n) is 3.93. The molecule has 164 valence electrons. The Bertz CT molecular complexity index is 705. The van der Waals surface area contributed by atoms with E-state index >= 15 is 0 Å². The lowest BCUT2D eigenvalue weighted by molar-refractivity contribution is -0.140. The van der Waals surface area contributed by atoms with E-state index in [1.54, 1.807) is 0 Å². The topological polar surface area (TPSA) is 101 Å². The molecule has 0 aliphatic carbocycles. The average Bonchev–Trinajstić information content (AvgIpc) is 2.73. The second-order valence-corrected chi connectivity index (χ2v) is 8.09. The standard InChI is InChI=1S/C24H35N3O3/c1-2-3-4-5-6-7-8-9-13-16-19(22(25)28)21-24(30)26-20(23(29)27-21)17-18-14-11-10-12-15-18/h2,10-12,14-15,19-21H,1,3-9,13,16-17H2,(H2,25,28)(H,26,30)(H,27,29)/t19?,20-,21-/m0/s1. The first-order valence-electron chi connectivity index (χ1n) is 11.1. The number of amides is 3. The molecular weight excluding hydrogens is 378 g/mol. The molecule has 3 atom stereocenters. The van der Waals surface area contributed by atoms with Crippen LogP contribution in [0.2, 0.25) is 0 Å². The number of benzene rings is 1. The van der Waals surface area contributed by atoms with Crippen LogP contribution >= 0.6 is 0 Å². The molecule has 0 radical (unpaired) electrons. The predicted octanol–water partition coefficient (Wildman–Crippen LogP) is 3.01. The first kappa shape index (κ1) is 23.6. The molecule has 1 fully saturated rings. The number of allylic oxidation sites excluding steroid dienone is 1. The van der Waals surface area contributed by atoms with E-state index in [-0.39, 0.29) is 11.8 Å². The van der Waals surface area contributed by atoms with Crippen LogP contribution in [0.4, 0.5) is 0 Å². The molecule has 6 nitrogen and oxygen atoms in total. The molecule has 1 aromatic carbocycles. The Morgan fingerprint density at radius 1 is 0.967 bits per heavy atom.